The van der Waals surface area contributed by atoms with Crippen molar-refractivity contribution in [2.24, 2.45) is 0 Å². The molecule has 1 atom stereocenters. The van der Waals surface area contributed by atoms with Gasteiger partial charge in [0.05, 0.1) is 6.54 Å². The summed E-state index contributed by atoms with van der Waals surface area (Å²) in [6.07, 6.45) is 2.15. The van der Waals surface area contributed by atoms with Gasteiger partial charge in [-0.1, -0.05) is 11.1 Å². The van der Waals surface area contributed by atoms with Gasteiger partial charge in [0.15, 0.2) is 0 Å². The summed E-state index contributed by atoms with van der Waals surface area (Å²) in [6.45, 7) is 0.0991. The Hall–Kier alpha value is -2.94. The van der Waals surface area contributed by atoms with E-state index in [1.807, 2.05) is 30.5 Å². The van der Waals surface area contributed by atoms with Gasteiger partial charge in [-0.2, -0.15) is 4.68 Å². The highest BCUT2D eigenvalue weighted by atomic mass is 16.6. The highest BCUT2D eigenvalue weighted by Gasteiger charge is 2.16. The molecule has 1 aromatic carbocycles. The van der Waals surface area contributed by atoms with Crippen LogP contribution in [0.1, 0.15) is 0 Å². The molecule has 0 fully saturated rings. The van der Waals surface area contributed by atoms with Crippen LogP contribution in [0.3, 0.4) is 0 Å². The molecule has 2 heterocycles. The number of rotatable bonds is 6. The molecule has 0 amide bonds. The van der Waals surface area contributed by atoms with Crippen LogP contribution >= 0.6 is 0 Å². The summed E-state index contributed by atoms with van der Waals surface area (Å²) in [6, 6.07) is 7.47. The van der Waals surface area contributed by atoms with Crippen molar-refractivity contribution in [3.63, 3.8) is 0 Å². The van der Waals surface area contributed by atoms with Crippen molar-refractivity contribution >= 4 is 16.9 Å². The first-order valence-corrected chi connectivity index (χ1v) is 6.54. The highest BCUT2D eigenvalue weighted by Crippen LogP contribution is 2.24. The second-order valence-corrected chi connectivity index (χ2v) is 4.68. The standard InChI is InChI=1S/C13H13N5O4/c19-9(6-17-8-15-13(16-17)18(20)21)7-22-12-3-1-2-11-10(12)4-5-14-11/h1-5,8-9,14,19H,6-7H2. The molecule has 0 aliphatic carbocycles. The molecule has 3 aromatic rings. The average Bonchev–Trinajstić information content (AvgIpc) is 3.13. The molecule has 0 saturated heterocycles. The third-order valence-corrected chi connectivity index (χ3v) is 3.07. The fraction of sp³-hybridized carbons (Fsp3) is 0.231. The van der Waals surface area contributed by atoms with Crippen LogP contribution in [0, 0.1) is 10.1 Å². The third-order valence-electron chi connectivity index (χ3n) is 3.07. The first-order chi connectivity index (χ1) is 10.6. The van der Waals surface area contributed by atoms with Crippen molar-refractivity contribution in [1.29, 1.82) is 0 Å². The van der Waals surface area contributed by atoms with E-state index in [-0.39, 0.29) is 13.2 Å². The zero-order valence-electron chi connectivity index (χ0n) is 11.4. The van der Waals surface area contributed by atoms with Gasteiger partial charge in [-0.05, 0) is 23.1 Å². The van der Waals surface area contributed by atoms with E-state index in [0.717, 1.165) is 10.9 Å². The first kappa shape index (κ1) is 14.0. The minimum Gasteiger partial charge on any atom is -0.490 e. The number of nitrogens with zero attached hydrogens (tertiary/aromatic N) is 4. The number of nitrogens with one attached hydrogen (secondary N) is 1. The number of aromatic nitrogens is 4. The molecule has 0 aliphatic rings. The van der Waals surface area contributed by atoms with Crippen LogP contribution in [0.15, 0.2) is 36.8 Å². The lowest BCUT2D eigenvalue weighted by Gasteiger charge is -2.11. The van der Waals surface area contributed by atoms with Gasteiger partial charge in [-0.25, -0.2) is 0 Å². The maximum absolute atomic E-state index is 10.5. The monoisotopic (exact) mass is 303 g/mol. The van der Waals surface area contributed by atoms with Gasteiger partial charge < -0.3 is 24.9 Å². The maximum atomic E-state index is 10.5. The van der Waals surface area contributed by atoms with Crippen LogP contribution < -0.4 is 4.74 Å². The van der Waals surface area contributed by atoms with Crippen LogP contribution in [0.4, 0.5) is 5.95 Å². The normalized spacial score (nSPS) is 12.4. The molecule has 1 unspecified atom stereocenters. The van der Waals surface area contributed by atoms with Crippen molar-refractivity contribution in [2.75, 3.05) is 6.61 Å². The molecule has 0 saturated carbocycles. The van der Waals surface area contributed by atoms with Gasteiger partial charge in [0.2, 0.25) is 6.33 Å². The predicted octanol–water partition coefficient (Wildman–Crippen LogP) is 1.11. The van der Waals surface area contributed by atoms with Crippen molar-refractivity contribution in [3.8, 4) is 5.75 Å². The number of aromatic amines is 1. The van der Waals surface area contributed by atoms with E-state index >= 15 is 0 Å². The third kappa shape index (κ3) is 2.88. The van der Waals surface area contributed by atoms with E-state index < -0.39 is 17.0 Å². The number of hydrogen-bond acceptors (Lipinski definition) is 6. The molecule has 2 N–H and O–H groups in total. The summed E-state index contributed by atoms with van der Waals surface area (Å²) >= 11 is 0. The zero-order chi connectivity index (χ0) is 15.5. The van der Waals surface area contributed by atoms with Crippen LogP contribution in [-0.2, 0) is 6.54 Å². The first-order valence-electron chi connectivity index (χ1n) is 6.54. The van der Waals surface area contributed by atoms with Gasteiger partial charge in [-0.3, -0.25) is 0 Å². The number of aliphatic hydroxyl groups excluding tert-OH is 1. The van der Waals surface area contributed by atoms with E-state index in [0.29, 0.717) is 5.75 Å². The van der Waals surface area contributed by atoms with E-state index in [4.69, 9.17) is 4.74 Å². The number of H-pyrrole nitrogens is 1. The summed E-state index contributed by atoms with van der Waals surface area (Å²) < 4.78 is 6.81. The van der Waals surface area contributed by atoms with Gasteiger partial charge in [0.25, 0.3) is 0 Å². The van der Waals surface area contributed by atoms with E-state index in [1.54, 1.807) is 0 Å². The quantitative estimate of drug-likeness (QED) is 0.520. The number of ether oxygens (including phenoxy) is 1. The van der Waals surface area contributed by atoms with Crippen molar-refractivity contribution in [3.05, 3.63) is 46.9 Å². The molecular weight excluding hydrogens is 290 g/mol. The number of nitro groups is 1. The zero-order valence-corrected chi connectivity index (χ0v) is 11.4. The number of benzene rings is 1. The van der Waals surface area contributed by atoms with Crippen molar-refractivity contribution in [2.45, 2.75) is 12.6 Å². The molecule has 0 spiro atoms. The lowest BCUT2D eigenvalue weighted by atomic mass is 10.2. The SMILES string of the molecule is O=[N+]([O-])c1ncn(CC(O)COc2cccc3[nH]ccc23)n1. The maximum Gasteiger partial charge on any atom is 0.490 e. The van der Waals surface area contributed by atoms with Gasteiger partial charge in [0.1, 0.15) is 18.5 Å². The molecule has 2 aromatic heterocycles. The Morgan fingerprint density at radius 1 is 1.45 bits per heavy atom. The molecule has 9 nitrogen and oxygen atoms in total. The van der Waals surface area contributed by atoms with E-state index in [9.17, 15) is 15.2 Å². The molecule has 0 radical (unpaired) electrons. The summed E-state index contributed by atoms with van der Waals surface area (Å²) in [5.41, 5.74) is 0.943. The number of aliphatic hydroxyl groups is 1. The van der Waals surface area contributed by atoms with Crippen LogP contribution in [0.2, 0.25) is 0 Å². The Morgan fingerprint density at radius 3 is 3.09 bits per heavy atom. The van der Waals surface area contributed by atoms with Gasteiger partial charge >= 0.3 is 5.95 Å². The Labute approximate surface area is 124 Å². The van der Waals surface area contributed by atoms with E-state index in [2.05, 4.69) is 15.1 Å². The van der Waals surface area contributed by atoms with Crippen LogP contribution in [-0.4, -0.2) is 42.5 Å². The van der Waals surface area contributed by atoms with Gasteiger partial charge in [0, 0.05) is 22.2 Å². The van der Waals surface area contributed by atoms with E-state index in [1.165, 1.54) is 11.0 Å². The topological polar surface area (TPSA) is 119 Å². The average molecular weight is 303 g/mol. The Morgan fingerprint density at radius 2 is 2.32 bits per heavy atom. The number of hydrogen-bond donors (Lipinski definition) is 2. The van der Waals surface area contributed by atoms with Crippen LogP contribution in [0.5, 0.6) is 5.75 Å². The molecule has 9 heteroatoms. The minimum atomic E-state index is -0.865. The fourth-order valence-electron chi connectivity index (χ4n) is 2.09. The van der Waals surface area contributed by atoms with Crippen molar-refractivity contribution < 1.29 is 14.8 Å². The second-order valence-electron chi connectivity index (χ2n) is 4.68. The van der Waals surface area contributed by atoms with Crippen molar-refractivity contribution in [1.82, 2.24) is 19.7 Å². The highest BCUT2D eigenvalue weighted by molar-refractivity contribution is 5.85. The fourth-order valence-corrected chi connectivity index (χ4v) is 2.09. The predicted molar refractivity (Wildman–Crippen MR) is 76.5 cm³/mol. The van der Waals surface area contributed by atoms with Gasteiger partial charge in [-0.15, -0.1) is 0 Å². The Bertz CT molecular complexity index is 796. The second kappa shape index (κ2) is 5.82. The molecule has 114 valence electrons. The summed E-state index contributed by atoms with van der Waals surface area (Å²) in [7, 11) is 0. The Balaban J connectivity index is 1.61. The molecule has 0 bridgehead atoms. The minimum absolute atomic E-state index is 0.0396. The lowest BCUT2D eigenvalue weighted by Crippen LogP contribution is -2.24. The summed E-state index contributed by atoms with van der Waals surface area (Å²) in [4.78, 5) is 16.4. The smallest absolute Gasteiger partial charge is 0.490 e. The molecule has 22 heavy (non-hydrogen) atoms. The molecule has 3 rings (SSSR count). The molecular formula is C13H13N5O4. The largest absolute Gasteiger partial charge is 0.490 e. The Kier molecular flexibility index (Phi) is 3.71. The van der Waals surface area contributed by atoms with Crippen LogP contribution in [0.25, 0.3) is 10.9 Å². The molecule has 0 aliphatic heterocycles. The summed E-state index contributed by atoms with van der Waals surface area (Å²) in [5, 5.41) is 25.0. The number of fused-ring (bicyclic) bond motifs is 1. The lowest BCUT2D eigenvalue weighted by molar-refractivity contribution is -0.394. The summed E-state index contributed by atoms with van der Waals surface area (Å²) in [5.74, 6) is 0.160.